The van der Waals surface area contributed by atoms with Gasteiger partial charge in [0, 0.05) is 25.2 Å². The molecule has 2 aliphatic heterocycles. The molecule has 0 aromatic heterocycles. The third kappa shape index (κ3) is 6.55. The zero-order valence-electron chi connectivity index (χ0n) is 19.5. The Kier molecular flexibility index (Phi) is 7.99. The Bertz CT molecular complexity index is 893. The summed E-state index contributed by atoms with van der Waals surface area (Å²) in [6.45, 7) is 5.85. The molecular formula is C27H35FN2O3. The van der Waals surface area contributed by atoms with Gasteiger partial charge in [0.2, 0.25) is 0 Å². The number of piperidine rings is 2. The lowest BCUT2D eigenvalue weighted by Crippen LogP contribution is -2.42. The highest BCUT2D eigenvalue weighted by Gasteiger charge is 2.23. The van der Waals surface area contributed by atoms with E-state index in [4.69, 9.17) is 4.74 Å². The van der Waals surface area contributed by atoms with Gasteiger partial charge in [-0.25, -0.2) is 4.39 Å². The first-order chi connectivity index (χ1) is 16.0. The standard InChI is InChI=1S/C27H35FN2O3/c1-20(28)17-29-15-12-21(13-16-29)19-33-26-10-8-23(9-11-26)22-4-6-24(7-5-22)27(32)30-14-2-3-25(31)18-30/h4-11,20-21,25,31H,2-3,12-19H2,1H3. The molecule has 0 spiro atoms. The summed E-state index contributed by atoms with van der Waals surface area (Å²) in [5.41, 5.74) is 2.77. The molecule has 33 heavy (non-hydrogen) atoms. The second-order valence-corrected chi connectivity index (χ2v) is 9.48. The van der Waals surface area contributed by atoms with Gasteiger partial charge in [-0.2, -0.15) is 0 Å². The van der Waals surface area contributed by atoms with Gasteiger partial charge in [0.05, 0.1) is 12.7 Å². The normalized spacial score (nSPS) is 21.1. The molecule has 2 atom stereocenters. The number of aliphatic hydroxyl groups excluding tert-OH is 1. The summed E-state index contributed by atoms with van der Waals surface area (Å²) in [5, 5.41) is 9.82. The highest BCUT2D eigenvalue weighted by atomic mass is 19.1. The monoisotopic (exact) mass is 454 g/mol. The zero-order chi connectivity index (χ0) is 23.2. The van der Waals surface area contributed by atoms with Crippen LogP contribution in [-0.2, 0) is 0 Å². The minimum absolute atomic E-state index is 0.0194. The lowest BCUT2D eigenvalue weighted by molar-refractivity contribution is 0.0474. The van der Waals surface area contributed by atoms with Gasteiger partial charge in [0.25, 0.3) is 5.91 Å². The van der Waals surface area contributed by atoms with E-state index in [1.54, 1.807) is 11.8 Å². The van der Waals surface area contributed by atoms with Crippen LogP contribution in [0.4, 0.5) is 4.39 Å². The molecule has 6 heteroatoms. The van der Waals surface area contributed by atoms with Crippen molar-refractivity contribution >= 4 is 5.91 Å². The maximum atomic E-state index is 13.2. The molecule has 2 aromatic carbocycles. The first-order valence-corrected chi connectivity index (χ1v) is 12.1. The van der Waals surface area contributed by atoms with E-state index in [0.29, 0.717) is 37.7 Å². The number of likely N-dealkylation sites (tertiary alicyclic amines) is 2. The average Bonchev–Trinajstić information content (AvgIpc) is 2.83. The van der Waals surface area contributed by atoms with E-state index in [-0.39, 0.29) is 5.91 Å². The fourth-order valence-electron chi connectivity index (χ4n) is 4.78. The number of nitrogens with zero attached hydrogens (tertiary/aromatic N) is 2. The molecular weight excluding hydrogens is 419 g/mol. The summed E-state index contributed by atoms with van der Waals surface area (Å²) >= 11 is 0. The Morgan fingerprint density at radius 2 is 1.67 bits per heavy atom. The number of alkyl halides is 1. The third-order valence-electron chi connectivity index (χ3n) is 6.71. The van der Waals surface area contributed by atoms with Crippen molar-refractivity contribution in [1.82, 2.24) is 9.80 Å². The average molecular weight is 455 g/mol. The number of β-amino-alcohol motifs (C(OH)–C–C–N with tert-alkyl or cyclic N) is 1. The number of hydrogen-bond donors (Lipinski definition) is 1. The molecule has 0 bridgehead atoms. The Balaban J connectivity index is 1.27. The highest BCUT2D eigenvalue weighted by molar-refractivity contribution is 5.94. The van der Waals surface area contributed by atoms with Gasteiger partial charge in [-0.05, 0) is 87.0 Å². The Hall–Kier alpha value is -2.44. The quantitative estimate of drug-likeness (QED) is 0.674. The van der Waals surface area contributed by atoms with Crippen LogP contribution in [0.2, 0.25) is 0 Å². The van der Waals surface area contributed by atoms with Crippen LogP contribution in [0, 0.1) is 5.92 Å². The summed E-state index contributed by atoms with van der Waals surface area (Å²) in [6.07, 6.45) is 2.52. The Labute approximate surface area is 196 Å². The molecule has 1 N–H and O–H groups in total. The van der Waals surface area contributed by atoms with Gasteiger partial charge in [-0.1, -0.05) is 24.3 Å². The molecule has 2 unspecified atom stereocenters. The molecule has 4 rings (SSSR count). The molecule has 0 aliphatic carbocycles. The van der Waals surface area contributed by atoms with Gasteiger partial charge in [0.1, 0.15) is 11.9 Å². The maximum Gasteiger partial charge on any atom is 0.253 e. The number of carbonyl (C=O) groups excluding carboxylic acids is 1. The zero-order valence-corrected chi connectivity index (χ0v) is 19.5. The van der Waals surface area contributed by atoms with Crippen molar-refractivity contribution in [3.8, 4) is 16.9 Å². The predicted molar refractivity (Wildman–Crippen MR) is 128 cm³/mol. The second kappa shape index (κ2) is 11.1. The van der Waals surface area contributed by atoms with E-state index in [0.717, 1.165) is 55.6 Å². The van der Waals surface area contributed by atoms with Crippen molar-refractivity contribution in [1.29, 1.82) is 0 Å². The van der Waals surface area contributed by atoms with Gasteiger partial charge >= 0.3 is 0 Å². The van der Waals surface area contributed by atoms with Crippen LogP contribution in [0.25, 0.3) is 11.1 Å². The van der Waals surface area contributed by atoms with E-state index < -0.39 is 12.3 Å². The van der Waals surface area contributed by atoms with E-state index in [9.17, 15) is 14.3 Å². The van der Waals surface area contributed by atoms with Gasteiger partial charge in [0.15, 0.2) is 0 Å². The summed E-state index contributed by atoms with van der Waals surface area (Å²) in [5.74, 6) is 1.35. The summed E-state index contributed by atoms with van der Waals surface area (Å²) < 4.78 is 19.2. The summed E-state index contributed by atoms with van der Waals surface area (Å²) in [6, 6.07) is 15.7. The third-order valence-corrected chi connectivity index (χ3v) is 6.71. The first-order valence-electron chi connectivity index (χ1n) is 12.1. The molecule has 0 saturated carbocycles. The highest BCUT2D eigenvalue weighted by Crippen LogP contribution is 2.25. The van der Waals surface area contributed by atoms with Crippen molar-refractivity contribution in [2.45, 2.75) is 44.9 Å². The number of ether oxygens (including phenoxy) is 1. The van der Waals surface area contributed by atoms with Crippen molar-refractivity contribution in [3.63, 3.8) is 0 Å². The number of rotatable bonds is 7. The lowest BCUT2D eigenvalue weighted by atomic mass is 9.97. The number of benzene rings is 2. The Morgan fingerprint density at radius 1 is 1.03 bits per heavy atom. The van der Waals surface area contributed by atoms with Crippen LogP contribution in [0.15, 0.2) is 48.5 Å². The minimum Gasteiger partial charge on any atom is -0.493 e. The molecule has 2 heterocycles. The molecule has 2 aliphatic rings. The summed E-state index contributed by atoms with van der Waals surface area (Å²) in [7, 11) is 0. The lowest BCUT2D eigenvalue weighted by Gasteiger charge is -2.32. The molecule has 178 valence electrons. The topological polar surface area (TPSA) is 53.0 Å². The predicted octanol–water partition coefficient (Wildman–Crippen LogP) is 4.40. The number of amides is 1. The molecule has 5 nitrogen and oxygen atoms in total. The van der Waals surface area contributed by atoms with Crippen LogP contribution < -0.4 is 4.74 Å². The molecule has 0 radical (unpaired) electrons. The molecule has 1 amide bonds. The molecule has 2 saturated heterocycles. The van der Waals surface area contributed by atoms with Crippen LogP contribution in [0.1, 0.15) is 43.0 Å². The van der Waals surface area contributed by atoms with E-state index in [1.807, 2.05) is 48.5 Å². The smallest absolute Gasteiger partial charge is 0.253 e. The van der Waals surface area contributed by atoms with Crippen molar-refractivity contribution in [2.24, 2.45) is 5.92 Å². The largest absolute Gasteiger partial charge is 0.493 e. The fraction of sp³-hybridized carbons (Fsp3) is 0.519. The summed E-state index contributed by atoms with van der Waals surface area (Å²) in [4.78, 5) is 16.6. The van der Waals surface area contributed by atoms with Crippen molar-refractivity contribution < 1.29 is 19.0 Å². The fourth-order valence-corrected chi connectivity index (χ4v) is 4.78. The van der Waals surface area contributed by atoms with Crippen LogP contribution in [0.3, 0.4) is 0 Å². The van der Waals surface area contributed by atoms with Crippen LogP contribution in [0.5, 0.6) is 5.75 Å². The van der Waals surface area contributed by atoms with Crippen LogP contribution in [-0.4, -0.2) is 72.4 Å². The number of carbonyl (C=O) groups is 1. The molecule has 2 aromatic rings. The van der Waals surface area contributed by atoms with Gasteiger partial charge < -0.3 is 19.6 Å². The number of aliphatic hydroxyl groups is 1. The number of hydrogen-bond acceptors (Lipinski definition) is 4. The van der Waals surface area contributed by atoms with Crippen molar-refractivity contribution in [3.05, 3.63) is 54.1 Å². The van der Waals surface area contributed by atoms with Crippen LogP contribution >= 0.6 is 0 Å². The van der Waals surface area contributed by atoms with E-state index >= 15 is 0 Å². The minimum atomic E-state index is -0.767. The van der Waals surface area contributed by atoms with E-state index in [1.165, 1.54) is 0 Å². The second-order valence-electron chi connectivity index (χ2n) is 9.48. The maximum absolute atomic E-state index is 13.2. The van der Waals surface area contributed by atoms with Gasteiger partial charge in [-0.15, -0.1) is 0 Å². The van der Waals surface area contributed by atoms with E-state index in [2.05, 4.69) is 4.90 Å². The first kappa shape index (κ1) is 23.7. The molecule has 2 fully saturated rings. The van der Waals surface area contributed by atoms with Crippen molar-refractivity contribution in [2.75, 3.05) is 39.3 Å². The van der Waals surface area contributed by atoms with Gasteiger partial charge in [-0.3, -0.25) is 4.79 Å². The SMILES string of the molecule is CC(F)CN1CCC(COc2ccc(-c3ccc(C(=O)N4CCCC(O)C4)cc3)cc2)CC1. The number of halogens is 1. The Morgan fingerprint density at radius 3 is 2.27 bits per heavy atom.